The maximum absolute atomic E-state index is 13.4. The van der Waals surface area contributed by atoms with Crippen molar-refractivity contribution < 1.29 is 18.7 Å². The topological polar surface area (TPSA) is 74.5 Å². The number of carbonyl (C=O) groups excluding carboxylic acids is 1. The van der Waals surface area contributed by atoms with E-state index in [2.05, 4.69) is 10.6 Å². The number of fused-ring (bicyclic) bond motifs is 1. The zero-order valence-electron chi connectivity index (χ0n) is 15.5. The third-order valence-corrected chi connectivity index (χ3v) is 4.68. The summed E-state index contributed by atoms with van der Waals surface area (Å²) in [4.78, 5) is 12.2. The smallest absolute Gasteiger partial charge is 0.315 e. The number of aliphatic hydroxyl groups is 1. The van der Waals surface area contributed by atoms with Crippen LogP contribution in [-0.2, 0) is 0 Å². The van der Waals surface area contributed by atoms with Gasteiger partial charge in [0.15, 0.2) is 0 Å². The standard InChI is InChI=1S/C21H23FN2O3/c1-12-6-4-5-7-16(12)18(25)11-23-21(26)24-14(3)20-13(2)17-10-15(22)8-9-19(17)27-20/h4-10,14,18,25H,11H2,1-3H3,(H2,23,24,26). The summed E-state index contributed by atoms with van der Waals surface area (Å²) in [5.74, 6) is 0.242. The van der Waals surface area contributed by atoms with Crippen molar-refractivity contribution in [3.63, 3.8) is 0 Å². The van der Waals surface area contributed by atoms with Crippen LogP contribution in [0.2, 0.25) is 0 Å². The number of rotatable bonds is 5. The number of aryl methyl sites for hydroxylation is 2. The highest BCUT2D eigenvalue weighted by atomic mass is 19.1. The predicted molar refractivity (Wildman–Crippen MR) is 102 cm³/mol. The highest BCUT2D eigenvalue weighted by molar-refractivity contribution is 5.82. The fraction of sp³-hybridized carbons (Fsp3) is 0.286. The van der Waals surface area contributed by atoms with E-state index in [-0.39, 0.29) is 12.4 Å². The van der Waals surface area contributed by atoms with Gasteiger partial charge in [-0.3, -0.25) is 0 Å². The maximum atomic E-state index is 13.4. The second-order valence-electron chi connectivity index (χ2n) is 6.68. The number of benzene rings is 2. The molecular weight excluding hydrogens is 347 g/mol. The zero-order chi connectivity index (χ0) is 19.6. The van der Waals surface area contributed by atoms with E-state index >= 15 is 0 Å². The summed E-state index contributed by atoms with van der Waals surface area (Å²) in [6, 6.07) is 11.0. The number of nitrogens with one attached hydrogen (secondary N) is 2. The van der Waals surface area contributed by atoms with Crippen LogP contribution >= 0.6 is 0 Å². The van der Waals surface area contributed by atoms with E-state index in [9.17, 15) is 14.3 Å². The van der Waals surface area contributed by atoms with Crippen LogP contribution in [-0.4, -0.2) is 17.7 Å². The van der Waals surface area contributed by atoms with Crippen molar-refractivity contribution in [2.45, 2.75) is 32.9 Å². The number of furan rings is 1. The molecule has 3 N–H and O–H groups in total. The van der Waals surface area contributed by atoms with Crippen LogP contribution in [0.4, 0.5) is 9.18 Å². The van der Waals surface area contributed by atoms with Crippen LogP contribution in [0.25, 0.3) is 11.0 Å². The lowest BCUT2D eigenvalue weighted by molar-refractivity contribution is 0.172. The van der Waals surface area contributed by atoms with Gasteiger partial charge in [-0.15, -0.1) is 0 Å². The summed E-state index contributed by atoms with van der Waals surface area (Å²) in [7, 11) is 0. The molecule has 0 saturated heterocycles. The summed E-state index contributed by atoms with van der Waals surface area (Å²) in [5, 5.41) is 16.4. The molecule has 0 aliphatic rings. The van der Waals surface area contributed by atoms with E-state index in [1.807, 2.05) is 38.1 Å². The summed E-state index contributed by atoms with van der Waals surface area (Å²) in [5.41, 5.74) is 3.11. The van der Waals surface area contributed by atoms with E-state index in [1.165, 1.54) is 12.1 Å². The summed E-state index contributed by atoms with van der Waals surface area (Å²) >= 11 is 0. The van der Waals surface area contributed by atoms with E-state index in [4.69, 9.17) is 4.42 Å². The monoisotopic (exact) mass is 370 g/mol. The molecule has 0 aliphatic carbocycles. The van der Waals surface area contributed by atoms with Crippen LogP contribution in [0, 0.1) is 19.7 Å². The second-order valence-corrected chi connectivity index (χ2v) is 6.68. The van der Waals surface area contributed by atoms with Gasteiger partial charge in [-0.25, -0.2) is 9.18 Å². The average molecular weight is 370 g/mol. The molecule has 2 amide bonds. The second kappa shape index (κ2) is 7.80. The molecule has 0 bridgehead atoms. The van der Waals surface area contributed by atoms with Gasteiger partial charge >= 0.3 is 6.03 Å². The molecule has 6 heteroatoms. The Labute approximate surface area is 157 Å². The van der Waals surface area contributed by atoms with Crippen molar-refractivity contribution in [3.05, 3.63) is 70.7 Å². The van der Waals surface area contributed by atoms with E-state index in [0.29, 0.717) is 16.7 Å². The number of hydrogen-bond acceptors (Lipinski definition) is 3. The molecule has 0 radical (unpaired) electrons. The summed E-state index contributed by atoms with van der Waals surface area (Å²) in [6.45, 7) is 5.62. The molecule has 2 aromatic carbocycles. The molecule has 0 saturated carbocycles. The van der Waals surface area contributed by atoms with Gasteiger partial charge in [-0.1, -0.05) is 24.3 Å². The van der Waals surface area contributed by atoms with Gasteiger partial charge in [0.2, 0.25) is 0 Å². The normalized spacial score (nSPS) is 13.4. The maximum Gasteiger partial charge on any atom is 0.315 e. The Balaban J connectivity index is 1.62. The Morgan fingerprint density at radius 1 is 1.22 bits per heavy atom. The fourth-order valence-electron chi connectivity index (χ4n) is 3.20. The zero-order valence-corrected chi connectivity index (χ0v) is 15.5. The predicted octanol–water partition coefficient (Wildman–Crippen LogP) is 4.28. The molecule has 0 fully saturated rings. The van der Waals surface area contributed by atoms with Gasteiger partial charge < -0.3 is 20.2 Å². The van der Waals surface area contributed by atoms with Gasteiger partial charge in [0.25, 0.3) is 0 Å². The third kappa shape index (κ3) is 4.11. The van der Waals surface area contributed by atoms with E-state index in [0.717, 1.165) is 16.7 Å². The number of aliphatic hydroxyl groups excluding tert-OH is 1. The largest absolute Gasteiger partial charge is 0.459 e. The van der Waals surface area contributed by atoms with Crippen molar-refractivity contribution in [1.29, 1.82) is 0 Å². The lowest BCUT2D eigenvalue weighted by Crippen LogP contribution is -2.39. The van der Waals surface area contributed by atoms with Crippen LogP contribution in [0.15, 0.2) is 46.9 Å². The van der Waals surface area contributed by atoms with Crippen molar-refractivity contribution in [2.75, 3.05) is 6.54 Å². The van der Waals surface area contributed by atoms with Gasteiger partial charge in [-0.05, 0) is 50.1 Å². The van der Waals surface area contributed by atoms with Crippen molar-refractivity contribution in [3.8, 4) is 0 Å². The van der Waals surface area contributed by atoms with Crippen molar-refractivity contribution in [2.24, 2.45) is 0 Å². The first-order valence-electron chi connectivity index (χ1n) is 8.83. The van der Waals surface area contributed by atoms with Crippen LogP contribution in [0.1, 0.15) is 41.5 Å². The Bertz CT molecular complexity index is 967. The summed E-state index contributed by atoms with van der Waals surface area (Å²) in [6.07, 6.45) is -0.789. The molecule has 0 spiro atoms. The van der Waals surface area contributed by atoms with Gasteiger partial charge in [0.1, 0.15) is 17.2 Å². The SMILES string of the molecule is Cc1ccccc1C(O)CNC(=O)NC(C)c1oc2ccc(F)cc2c1C. The molecule has 1 aromatic heterocycles. The van der Waals surface area contributed by atoms with Gasteiger partial charge in [-0.2, -0.15) is 0 Å². The number of carbonyl (C=O) groups is 1. The first-order chi connectivity index (χ1) is 12.9. The highest BCUT2D eigenvalue weighted by Gasteiger charge is 2.19. The quantitative estimate of drug-likeness (QED) is 0.627. The van der Waals surface area contributed by atoms with Crippen molar-refractivity contribution >= 4 is 17.0 Å². The molecular formula is C21H23FN2O3. The van der Waals surface area contributed by atoms with Crippen LogP contribution < -0.4 is 10.6 Å². The molecule has 0 aliphatic heterocycles. The Morgan fingerprint density at radius 3 is 2.70 bits per heavy atom. The van der Waals surface area contributed by atoms with Gasteiger partial charge in [0, 0.05) is 17.5 Å². The first-order valence-corrected chi connectivity index (χ1v) is 8.83. The minimum Gasteiger partial charge on any atom is -0.459 e. The fourth-order valence-corrected chi connectivity index (χ4v) is 3.20. The Morgan fingerprint density at radius 2 is 1.96 bits per heavy atom. The Hall–Kier alpha value is -2.86. The minimum atomic E-state index is -0.789. The third-order valence-electron chi connectivity index (χ3n) is 4.68. The number of halogens is 1. The molecule has 1 heterocycles. The molecule has 3 aromatic rings. The number of urea groups is 1. The van der Waals surface area contributed by atoms with Gasteiger partial charge in [0.05, 0.1) is 12.1 Å². The minimum absolute atomic E-state index is 0.0910. The molecule has 27 heavy (non-hydrogen) atoms. The van der Waals surface area contributed by atoms with Crippen LogP contribution in [0.5, 0.6) is 0 Å². The first kappa shape index (κ1) is 18.9. The molecule has 2 atom stereocenters. The summed E-state index contributed by atoms with van der Waals surface area (Å²) < 4.78 is 19.2. The van der Waals surface area contributed by atoms with E-state index in [1.54, 1.807) is 13.0 Å². The average Bonchev–Trinajstić information content (AvgIpc) is 2.96. The van der Waals surface area contributed by atoms with Crippen LogP contribution in [0.3, 0.4) is 0 Å². The lowest BCUT2D eigenvalue weighted by Gasteiger charge is -2.17. The highest BCUT2D eigenvalue weighted by Crippen LogP contribution is 2.29. The van der Waals surface area contributed by atoms with E-state index < -0.39 is 18.2 Å². The molecule has 2 unspecified atom stereocenters. The molecule has 142 valence electrons. The number of hydrogen-bond donors (Lipinski definition) is 3. The Kier molecular flexibility index (Phi) is 5.46. The van der Waals surface area contributed by atoms with Crippen molar-refractivity contribution in [1.82, 2.24) is 10.6 Å². The molecule has 3 rings (SSSR count). The lowest BCUT2D eigenvalue weighted by atomic mass is 10.0. The molecule has 5 nitrogen and oxygen atoms in total. The number of amides is 2.